The molecule has 0 radical (unpaired) electrons. The minimum Gasteiger partial charge on any atom is -0.480 e. The molecule has 0 fully saturated rings. The quantitative estimate of drug-likeness (QED) is 0.325. The summed E-state index contributed by atoms with van der Waals surface area (Å²) >= 11 is 5.92. The average Bonchev–Trinajstić information content (AvgIpc) is 3.37. The van der Waals surface area contributed by atoms with Gasteiger partial charge in [-0.3, -0.25) is 9.59 Å². The second-order valence-corrected chi connectivity index (χ2v) is 10.4. The van der Waals surface area contributed by atoms with Gasteiger partial charge in [-0.15, -0.1) is 0 Å². The SMILES string of the molecule is CN1CCCCN(C)C(=O)COc2cc(ccc2OCC(=O)Nc2ccc(Cl)cc2)Nc2ncnc3[nH]cc(c23)C1. The first-order valence-electron chi connectivity index (χ1n) is 13.3. The van der Waals surface area contributed by atoms with Gasteiger partial charge in [-0.05, 0) is 68.4 Å². The predicted molar refractivity (Wildman–Crippen MR) is 158 cm³/mol. The van der Waals surface area contributed by atoms with Crippen molar-refractivity contribution in [2.24, 2.45) is 0 Å². The van der Waals surface area contributed by atoms with Crippen molar-refractivity contribution >= 4 is 51.6 Å². The summed E-state index contributed by atoms with van der Waals surface area (Å²) < 4.78 is 11.8. The standard InChI is InChI=1S/C29H32ClN7O4/c1-36-11-3-4-12-37(2)26(39)17-41-24-13-22(35-29-27-19(15-36)14-31-28(27)32-18-33-29)9-10-23(24)40-16-25(38)34-21-7-5-20(30)6-8-21/h5-10,13-14,18H,3-4,11-12,15-17H2,1-2H3,(H,34,38)(H2,31,32,33,35). The molecule has 0 spiro atoms. The average molecular weight is 578 g/mol. The van der Waals surface area contributed by atoms with E-state index < -0.39 is 0 Å². The van der Waals surface area contributed by atoms with Crippen LogP contribution in [0.4, 0.5) is 17.2 Å². The fourth-order valence-electron chi connectivity index (χ4n) is 4.55. The number of nitrogens with one attached hydrogen (secondary N) is 3. The molecule has 3 heterocycles. The van der Waals surface area contributed by atoms with Crippen molar-refractivity contribution in [2.75, 3.05) is 51.0 Å². The number of rotatable bonds is 4. The minimum absolute atomic E-state index is 0.152. The molecule has 2 amide bonds. The van der Waals surface area contributed by atoms with Crippen molar-refractivity contribution in [1.82, 2.24) is 24.8 Å². The second-order valence-electron chi connectivity index (χ2n) is 9.94. The maximum absolute atomic E-state index is 12.8. The highest BCUT2D eigenvalue weighted by Gasteiger charge is 2.17. The maximum atomic E-state index is 12.8. The highest BCUT2D eigenvalue weighted by atomic mass is 35.5. The van der Waals surface area contributed by atoms with Gasteiger partial charge in [0, 0.05) is 48.8 Å². The van der Waals surface area contributed by atoms with E-state index in [2.05, 4.69) is 37.5 Å². The first-order valence-corrected chi connectivity index (χ1v) is 13.7. The van der Waals surface area contributed by atoms with E-state index in [0.717, 1.165) is 42.5 Å². The number of hydrogen-bond donors (Lipinski definition) is 3. The Kier molecular flexibility index (Phi) is 8.85. The number of amides is 2. The molecule has 1 aliphatic rings. The molecule has 11 nitrogen and oxygen atoms in total. The largest absolute Gasteiger partial charge is 0.480 e. The molecule has 0 aliphatic carbocycles. The van der Waals surface area contributed by atoms with Crippen molar-refractivity contribution in [2.45, 2.75) is 19.4 Å². The highest BCUT2D eigenvalue weighted by molar-refractivity contribution is 6.30. The number of aromatic amines is 1. The molecular weight excluding hydrogens is 546 g/mol. The van der Waals surface area contributed by atoms with Gasteiger partial charge in [-0.25, -0.2) is 9.97 Å². The zero-order valence-electron chi connectivity index (χ0n) is 22.9. The van der Waals surface area contributed by atoms with E-state index in [4.69, 9.17) is 21.1 Å². The predicted octanol–water partition coefficient (Wildman–Crippen LogP) is 4.44. The summed E-state index contributed by atoms with van der Waals surface area (Å²) in [4.78, 5) is 41.4. The van der Waals surface area contributed by atoms with Gasteiger partial charge in [0.1, 0.15) is 17.8 Å². The third kappa shape index (κ3) is 7.24. The Hall–Kier alpha value is -4.35. The van der Waals surface area contributed by atoms with E-state index in [1.54, 1.807) is 54.4 Å². The van der Waals surface area contributed by atoms with Crippen LogP contribution in [0.25, 0.3) is 11.0 Å². The highest BCUT2D eigenvalue weighted by Crippen LogP contribution is 2.34. The Bertz CT molecular complexity index is 1530. The monoisotopic (exact) mass is 577 g/mol. The van der Waals surface area contributed by atoms with E-state index in [1.807, 2.05) is 6.20 Å². The summed E-state index contributed by atoms with van der Waals surface area (Å²) in [6.07, 6.45) is 5.26. The van der Waals surface area contributed by atoms with Gasteiger partial charge in [0.2, 0.25) is 0 Å². The number of nitrogens with zero attached hydrogens (tertiary/aromatic N) is 4. The Labute approximate surface area is 242 Å². The number of hydrogen-bond acceptors (Lipinski definition) is 8. The Morgan fingerprint density at radius 1 is 1.12 bits per heavy atom. The molecule has 0 saturated heterocycles. The van der Waals surface area contributed by atoms with Crippen LogP contribution in [-0.2, 0) is 16.1 Å². The van der Waals surface area contributed by atoms with Crippen LogP contribution in [0.5, 0.6) is 11.5 Å². The van der Waals surface area contributed by atoms with E-state index in [0.29, 0.717) is 40.3 Å². The van der Waals surface area contributed by atoms with Gasteiger partial charge < -0.3 is 34.9 Å². The zero-order chi connectivity index (χ0) is 28.8. The second kappa shape index (κ2) is 12.9. The van der Waals surface area contributed by atoms with Crippen LogP contribution in [0.15, 0.2) is 55.0 Å². The summed E-state index contributed by atoms with van der Waals surface area (Å²) in [6, 6.07) is 12.0. The van der Waals surface area contributed by atoms with Crippen LogP contribution in [-0.4, -0.2) is 77.0 Å². The Morgan fingerprint density at radius 3 is 2.76 bits per heavy atom. The lowest BCUT2D eigenvalue weighted by Crippen LogP contribution is -2.32. The lowest BCUT2D eigenvalue weighted by atomic mass is 10.2. The molecule has 0 saturated carbocycles. The molecular formula is C29H32ClN7O4. The van der Waals surface area contributed by atoms with Crippen molar-refractivity contribution in [1.29, 1.82) is 0 Å². The van der Waals surface area contributed by atoms with Crippen LogP contribution < -0.4 is 20.1 Å². The van der Waals surface area contributed by atoms with Gasteiger partial charge in [0.05, 0.1) is 5.39 Å². The first kappa shape index (κ1) is 28.2. The van der Waals surface area contributed by atoms with Crippen molar-refractivity contribution in [3.63, 3.8) is 0 Å². The van der Waals surface area contributed by atoms with E-state index in [9.17, 15) is 9.59 Å². The molecule has 0 unspecified atom stereocenters. The number of halogens is 1. The van der Waals surface area contributed by atoms with E-state index in [-0.39, 0.29) is 25.0 Å². The summed E-state index contributed by atoms with van der Waals surface area (Å²) in [5, 5.41) is 7.60. The molecule has 12 heteroatoms. The molecule has 2 bridgehead atoms. The van der Waals surface area contributed by atoms with Gasteiger partial charge in [-0.1, -0.05) is 11.6 Å². The Balaban J connectivity index is 1.40. The maximum Gasteiger partial charge on any atom is 0.262 e. The molecule has 2 aromatic heterocycles. The van der Waals surface area contributed by atoms with Gasteiger partial charge in [-0.2, -0.15) is 0 Å². The van der Waals surface area contributed by atoms with Crippen LogP contribution in [0.2, 0.25) is 5.02 Å². The van der Waals surface area contributed by atoms with Crippen molar-refractivity contribution in [3.8, 4) is 11.5 Å². The molecule has 1 aliphatic heterocycles. The third-order valence-corrected chi connectivity index (χ3v) is 7.00. The summed E-state index contributed by atoms with van der Waals surface area (Å²) in [5.41, 5.74) is 3.08. The minimum atomic E-state index is -0.352. The summed E-state index contributed by atoms with van der Waals surface area (Å²) in [6.45, 7) is 1.79. The number of likely N-dealkylation sites (N-methyl/N-ethyl adjacent to an activating group) is 1. The molecule has 214 valence electrons. The Morgan fingerprint density at radius 2 is 1.93 bits per heavy atom. The fraction of sp³-hybridized carbons (Fsp3) is 0.310. The number of fused-ring (bicyclic) bond motifs is 2. The molecule has 3 N–H and O–H groups in total. The van der Waals surface area contributed by atoms with Crippen LogP contribution >= 0.6 is 11.6 Å². The molecule has 2 aromatic carbocycles. The zero-order valence-corrected chi connectivity index (χ0v) is 23.7. The van der Waals surface area contributed by atoms with Gasteiger partial charge in [0.15, 0.2) is 24.7 Å². The lowest BCUT2D eigenvalue weighted by molar-refractivity contribution is -0.132. The van der Waals surface area contributed by atoms with Gasteiger partial charge in [0.25, 0.3) is 11.8 Å². The lowest BCUT2D eigenvalue weighted by Gasteiger charge is -2.20. The third-order valence-electron chi connectivity index (χ3n) is 6.75. The fourth-order valence-corrected chi connectivity index (χ4v) is 4.68. The number of H-pyrrole nitrogens is 1. The number of ether oxygens (including phenoxy) is 2. The smallest absolute Gasteiger partial charge is 0.262 e. The van der Waals surface area contributed by atoms with Crippen molar-refractivity contribution in [3.05, 3.63) is 65.6 Å². The molecule has 4 aromatic rings. The summed E-state index contributed by atoms with van der Waals surface area (Å²) in [5.74, 6) is 0.782. The van der Waals surface area contributed by atoms with Crippen molar-refractivity contribution < 1.29 is 19.1 Å². The molecule has 0 atom stereocenters. The molecule has 5 rings (SSSR count). The number of anilines is 3. The number of carbonyl (C=O) groups is 2. The van der Waals surface area contributed by atoms with E-state index in [1.165, 1.54) is 6.33 Å². The number of benzene rings is 2. The van der Waals surface area contributed by atoms with E-state index >= 15 is 0 Å². The number of carbonyl (C=O) groups excluding carboxylic acids is 2. The van der Waals surface area contributed by atoms with Crippen LogP contribution in [0.1, 0.15) is 18.4 Å². The first-order chi connectivity index (χ1) is 19.9. The topological polar surface area (TPSA) is 125 Å². The normalized spacial score (nSPS) is 15.1. The van der Waals surface area contributed by atoms with Gasteiger partial charge >= 0.3 is 0 Å². The summed E-state index contributed by atoms with van der Waals surface area (Å²) in [7, 11) is 3.85. The molecule has 41 heavy (non-hydrogen) atoms. The number of aromatic nitrogens is 3. The van der Waals surface area contributed by atoms with Crippen LogP contribution in [0.3, 0.4) is 0 Å². The van der Waals surface area contributed by atoms with Crippen LogP contribution in [0, 0.1) is 0 Å².